The Kier molecular flexibility index (Phi) is 3.91. The number of aromatic nitrogens is 2. The highest BCUT2D eigenvalue weighted by Gasteiger charge is 2.19. The highest BCUT2D eigenvalue weighted by molar-refractivity contribution is 5.91. The molecule has 0 aromatic carbocycles. The monoisotopic (exact) mass is 302 g/mol. The lowest BCUT2D eigenvalue weighted by molar-refractivity contribution is 0.0695. The fourth-order valence-electron chi connectivity index (χ4n) is 2.75. The predicted octanol–water partition coefficient (Wildman–Crippen LogP) is 1.04. The summed E-state index contributed by atoms with van der Waals surface area (Å²) < 4.78 is 1.71. The van der Waals surface area contributed by atoms with E-state index in [2.05, 4.69) is 15.8 Å². The van der Waals surface area contributed by atoms with Crippen LogP contribution in [0.2, 0.25) is 0 Å². The summed E-state index contributed by atoms with van der Waals surface area (Å²) in [4.78, 5) is 28.1. The third-order valence-corrected chi connectivity index (χ3v) is 3.94. The van der Waals surface area contributed by atoms with Crippen LogP contribution in [0.15, 0.2) is 23.1 Å². The summed E-state index contributed by atoms with van der Waals surface area (Å²) in [6.07, 6.45) is 3.39. The zero-order chi connectivity index (χ0) is 15.7. The molecule has 0 amide bonds. The van der Waals surface area contributed by atoms with Crippen molar-refractivity contribution in [1.82, 2.24) is 20.4 Å². The SMILES string of the molecule is CCn1cc(C(=O)O)c(=O)c2ccc(C3CCCNN3)nc21. The van der Waals surface area contributed by atoms with Crippen LogP contribution in [0.4, 0.5) is 0 Å². The Balaban J connectivity index is 2.17. The van der Waals surface area contributed by atoms with Gasteiger partial charge >= 0.3 is 5.97 Å². The lowest BCUT2D eigenvalue weighted by Crippen LogP contribution is -2.40. The van der Waals surface area contributed by atoms with Crippen LogP contribution in [0.5, 0.6) is 0 Å². The lowest BCUT2D eigenvalue weighted by atomic mass is 10.1. The van der Waals surface area contributed by atoms with Crippen molar-refractivity contribution in [2.24, 2.45) is 0 Å². The van der Waals surface area contributed by atoms with Crippen LogP contribution < -0.4 is 16.3 Å². The average Bonchev–Trinajstić information content (AvgIpc) is 2.55. The molecule has 1 aliphatic rings. The zero-order valence-corrected chi connectivity index (χ0v) is 12.3. The number of carboxylic acid groups (broad SMARTS) is 1. The predicted molar refractivity (Wildman–Crippen MR) is 81.7 cm³/mol. The van der Waals surface area contributed by atoms with Crippen LogP contribution >= 0.6 is 0 Å². The van der Waals surface area contributed by atoms with Crippen molar-refractivity contribution in [2.45, 2.75) is 32.4 Å². The lowest BCUT2D eigenvalue weighted by Gasteiger charge is -2.24. The molecule has 0 radical (unpaired) electrons. The van der Waals surface area contributed by atoms with Crippen LogP contribution in [-0.2, 0) is 6.54 Å². The second kappa shape index (κ2) is 5.86. The number of aryl methyl sites for hydroxylation is 1. The van der Waals surface area contributed by atoms with E-state index in [0.717, 1.165) is 25.1 Å². The summed E-state index contributed by atoms with van der Waals surface area (Å²) >= 11 is 0. The minimum absolute atomic E-state index is 0.0951. The molecule has 3 N–H and O–H groups in total. The topological polar surface area (TPSA) is 96.2 Å². The molecule has 7 heteroatoms. The van der Waals surface area contributed by atoms with Gasteiger partial charge in [0.2, 0.25) is 5.43 Å². The van der Waals surface area contributed by atoms with Crippen LogP contribution in [0.1, 0.15) is 41.9 Å². The van der Waals surface area contributed by atoms with Gasteiger partial charge in [0, 0.05) is 19.3 Å². The van der Waals surface area contributed by atoms with Crippen molar-refractivity contribution < 1.29 is 9.90 Å². The zero-order valence-electron chi connectivity index (χ0n) is 12.3. The van der Waals surface area contributed by atoms with Crippen molar-refractivity contribution in [1.29, 1.82) is 0 Å². The largest absolute Gasteiger partial charge is 0.477 e. The van der Waals surface area contributed by atoms with Crippen LogP contribution in [0.25, 0.3) is 11.0 Å². The molecule has 0 spiro atoms. The second-order valence-corrected chi connectivity index (χ2v) is 5.34. The Morgan fingerprint density at radius 3 is 2.95 bits per heavy atom. The Morgan fingerprint density at radius 2 is 2.32 bits per heavy atom. The molecular formula is C15H18N4O3. The van der Waals surface area contributed by atoms with Crippen molar-refractivity contribution in [2.75, 3.05) is 6.54 Å². The number of fused-ring (bicyclic) bond motifs is 1. The van der Waals surface area contributed by atoms with Gasteiger partial charge in [-0.3, -0.25) is 10.2 Å². The highest BCUT2D eigenvalue weighted by atomic mass is 16.4. The molecule has 3 heterocycles. The summed E-state index contributed by atoms with van der Waals surface area (Å²) in [5.41, 5.74) is 6.97. The molecule has 1 fully saturated rings. The molecule has 0 saturated carbocycles. The molecule has 0 aliphatic carbocycles. The third-order valence-electron chi connectivity index (χ3n) is 3.94. The number of hydrogen-bond donors (Lipinski definition) is 3. The first-order valence-corrected chi connectivity index (χ1v) is 7.37. The van der Waals surface area contributed by atoms with Gasteiger partial charge in [0.05, 0.1) is 17.1 Å². The normalized spacial score (nSPS) is 18.5. The molecule has 1 atom stereocenters. The number of nitrogens with one attached hydrogen (secondary N) is 2. The van der Waals surface area contributed by atoms with Crippen molar-refractivity contribution >= 4 is 17.0 Å². The van der Waals surface area contributed by atoms with E-state index in [0.29, 0.717) is 17.6 Å². The summed E-state index contributed by atoms with van der Waals surface area (Å²) in [5, 5.41) is 9.49. The number of hydrazine groups is 1. The maximum Gasteiger partial charge on any atom is 0.341 e. The van der Waals surface area contributed by atoms with Gasteiger partial charge in [-0.05, 0) is 31.9 Å². The van der Waals surface area contributed by atoms with Crippen molar-refractivity contribution in [3.8, 4) is 0 Å². The van der Waals surface area contributed by atoms with E-state index in [1.54, 1.807) is 16.7 Å². The van der Waals surface area contributed by atoms with Gasteiger partial charge in [-0.2, -0.15) is 0 Å². The van der Waals surface area contributed by atoms with Crippen LogP contribution in [0.3, 0.4) is 0 Å². The van der Waals surface area contributed by atoms with Gasteiger partial charge in [-0.15, -0.1) is 0 Å². The molecule has 2 aromatic rings. The molecule has 116 valence electrons. The highest BCUT2D eigenvalue weighted by Crippen LogP contribution is 2.20. The van der Waals surface area contributed by atoms with E-state index in [1.165, 1.54) is 6.20 Å². The van der Waals surface area contributed by atoms with E-state index < -0.39 is 11.4 Å². The third kappa shape index (κ3) is 2.49. The Hall–Kier alpha value is -2.25. The van der Waals surface area contributed by atoms with Gasteiger partial charge < -0.3 is 9.67 Å². The summed E-state index contributed by atoms with van der Waals surface area (Å²) in [5.74, 6) is -1.21. The van der Waals surface area contributed by atoms with E-state index in [9.17, 15) is 9.59 Å². The summed E-state index contributed by atoms with van der Waals surface area (Å²) in [6, 6.07) is 3.56. The van der Waals surface area contributed by atoms with E-state index in [-0.39, 0.29) is 11.6 Å². The first-order chi connectivity index (χ1) is 10.6. The van der Waals surface area contributed by atoms with Crippen LogP contribution in [0, 0.1) is 0 Å². The van der Waals surface area contributed by atoms with Gasteiger partial charge in [0.25, 0.3) is 0 Å². The maximum atomic E-state index is 12.3. The molecule has 1 aliphatic heterocycles. The number of hydrogen-bond acceptors (Lipinski definition) is 5. The van der Waals surface area contributed by atoms with E-state index in [1.807, 2.05) is 6.92 Å². The van der Waals surface area contributed by atoms with E-state index >= 15 is 0 Å². The molecule has 22 heavy (non-hydrogen) atoms. The molecular weight excluding hydrogens is 284 g/mol. The number of aromatic carboxylic acids is 1. The smallest absolute Gasteiger partial charge is 0.341 e. The first-order valence-electron chi connectivity index (χ1n) is 7.37. The van der Waals surface area contributed by atoms with Gasteiger partial charge in [-0.25, -0.2) is 15.2 Å². The molecule has 2 aromatic heterocycles. The molecule has 0 bridgehead atoms. The van der Waals surface area contributed by atoms with Gasteiger partial charge in [0.15, 0.2) is 0 Å². The number of rotatable bonds is 3. The number of pyridine rings is 2. The van der Waals surface area contributed by atoms with E-state index in [4.69, 9.17) is 5.11 Å². The fraction of sp³-hybridized carbons (Fsp3) is 0.400. The quantitative estimate of drug-likeness (QED) is 0.784. The fourth-order valence-corrected chi connectivity index (χ4v) is 2.75. The maximum absolute atomic E-state index is 12.3. The second-order valence-electron chi connectivity index (χ2n) is 5.34. The molecule has 1 unspecified atom stereocenters. The van der Waals surface area contributed by atoms with Crippen LogP contribution in [-0.4, -0.2) is 27.2 Å². The molecule has 3 rings (SSSR count). The first kappa shape index (κ1) is 14.7. The summed E-state index contributed by atoms with van der Waals surface area (Å²) in [6.45, 7) is 3.36. The number of carbonyl (C=O) groups is 1. The number of carboxylic acids is 1. The van der Waals surface area contributed by atoms with Gasteiger partial charge in [-0.1, -0.05) is 0 Å². The van der Waals surface area contributed by atoms with Gasteiger partial charge in [0.1, 0.15) is 11.2 Å². The Labute approximate surface area is 126 Å². The average molecular weight is 302 g/mol. The minimum Gasteiger partial charge on any atom is -0.477 e. The van der Waals surface area contributed by atoms with Crippen molar-refractivity contribution in [3.05, 3.63) is 39.8 Å². The molecule has 7 nitrogen and oxygen atoms in total. The minimum atomic E-state index is -1.21. The standard InChI is InChI=1S/C15H18N4O3/c1-2-19-8-10(15(21)22)13(20)9-5-6-11(17-14(9)19)12-4-3-7-16-18-12/h5-6,8,12,16,18H,2-4,7H2,1H3,(H,21,22). The Morgan fingerprint density at radius 1 is 1.50 bits per heavy atom. The summed E-state index contributed by atoms with van der Waals surface area (Å²) in [7, 11) is 0. The van der Waals surface area contributed by atoms with Crippen molar-refractivity contribution in [3.63, 3.8) is 0 Å². The Bertz CT molecular complexity index is 778. The molecule has 1 saturated heterocycles. The number of nitrogens with zero attached hydrogens (tertiary/aromatic N) is 2.